The second-order valence-corrected chi connectivity index (χ2v) is 5.13. The molecule has 17 heavy (non-hydrogen) atoms. The molecule has 0 bridgehead atoms. The zero-order valence-corrected chi connectivity index (χ0v) is 10.9. The molecule has 1 rings (SSSR count). The van der Waals surface area contributed by atoms with Crippen molar-refractivity contribution >= 4 is 5.97 Å². The summed E-state index contributed by atoms with van der Waals surface area (Å²) in [6.07, 6.45) is 2.80. The van der Waals surface area contributed by atoms with Gasteiger partial charge in [0.2, 0.25) is 0 Å². The number of hydrogen-bond donors (Lipinski definition) is 1. The van der Waals surface area contributed by atoms with Gasteiger partial charge in [0.1, 0.15) is 0 Å². The fraction of sp³-hybridized carbons (Fsp3) is 0.533. The van der Waals surface area contributed by atoms with E-state index in [-0.39, 0.29) is 5.92 Å². The first-order valence-corrected chi connectivity index (χ1v) is 6.30. The van der Waals surface area contributed by atoms with Crippen molar-refractivity contribution in [2.45, 2.75) is 46.0 Å². The Morgan fingerprint density at radius 2 is 1.76 bits per heavy atom. The summed E-state index contributed by atoms with van der Waals surface area (Å²) in [4.78, 5) is 11.3. The molecule has 0 saturated carbocycles. The van der Waals surface area contributed by atoms with E-state index in [9.17, 15) is 9.90 Å². The Labute approximate surface area is 104 Å². The maximum absolute atomic E-state index is 11.3. The van der Waals surface area contributed by atoms with Gasteiger partial charge in [0.05, 0.1) is 5.92 Å². The molecule has 2 nitrogen and oxygen atoms in total. The van der Waals surface area contributed by atoms with Gasteiger partial charge in [-0.25, -0.2) is 0 Å². The molecule has 1 aromatic rings. The van der Waals surface area contributed by atoms with E-state index < -0.39 is 5.97 Å². The van der Waals surface area contributed by atoms with Crippen LogP contribution in [0.2, 0.25) is 0 Å². The number of carboxylic acid groups (broad SMARTS) is 1. The number of aliphatic carboxylic acids is 1. The molecule has 1 unspecified atom stereocenters. The van der Waals surface area contributed by atoms with Gasteiger partial charge >= 0.3 is 5.97 Å². The van der Waals surface area contributed by atoms with E-state index >= 15 is 0 Å². The van der Waals surface area contributed by atoms with E-state index in [1.54, 1.807) is 0 Å². The normalized spacial score (nSPS) is 12.7. The highest BCUT2D eigenvalue weighted by atomic mass is 16.4. The summed E-state index contributed by atoms with van der Waals surface area (Å²) in [5.41, 5.74) is 2.09. The zero-order chi connectivity index (χ0) is 12.8. The number of benzene rings is 1. The highest BCUT2D eigenvalue weighted by molar-refractivity contribution is 5.76. The molecule has 1 atom stereocenters. The van der Waals surface area contributed by atoms with Crippen molar-refractivity contribution < 1.29 is 9.90 Å². The van der Waals surface area contributed by atoms with Gasteiger partial charge in [0.25, 0.3) is 0 Å². The van der Waals surface area contributed by atoms with Crippen LogP contribution in [0.25, 0.3) is 0 Å². The molecule has 0 spiro atoms. The van der Waals surface area contributed by atoms with Crippen LogP contribution in [-0.4, -0.2) is 11.1 Å². The second kappa shape index (κ2) is 6.43. The Bertz CT molecular complexity index is 352. The topological polar surface area (TPSA) is 37.3 Å². The van der Waals surface area contributed by atoms with Crippen LogP contribution in [0.5, 0.6) is 0 Å². The lowest BCUT2D eigenvalue weighted by atomic mass is 9.91. The minimum absolute atomic E-state index is 0.352. The minimum Gasteiger partial charge on any atom is -0.481 e. The Morgan fingerprint density at radius 1 is 1.18 bits per heavy atom. The van der Waals surface area contributed by atoms with Crippen LogP contribution in [0.4, 0.5) is 0 Å². The predicted octanol–water partition coefficient (Wildman–Crippen LogP) is 3.99. The average Bonchev–Trinajstić information content (AvgIpc) is 2.25. The first-order chi connectivity index (χ1) is 8.00. The van der Waals surface area contributed by atoms with Crippen LogP contribution in [-0.2, 0) is 4.79 Å². The molecule has 0 aromatic heterocycles. The lowest BCUT2D eigenvalue weighted by Gasteiger charge is -2.13. The third-order valence-corrected chi connectivity index (χ3v) is 3.05. The van der Waals surface area contributed by atoms with Gasteiger partial charge < -0.3 is 5.11 Å². The standard InChI is InChI=1S/C15H22O2/c1-11(2)5-4-6-14(15(16)17)13-9-7-12(3)8-10-13/h7-11,14H,4-6H2,1-3H3,(H,16,17). The lowest BCUT2D eigenvalue weighted by Crippen LogP contribution is -2.12. The Hall–Kier alpha value is -1.31. The quantitative estimate of drug-likeness (QED) is 0.808. The van der Waals surface area contributed by atoms with E-state index in [4.69, 9.17) is 0 Å². The molecule has 0 amide bonds. The highest BCUT2D eigenvalue weighted by Crippen LogP contribution is 2.24. The molecular weight excluding hydrogens is 212 g/mol. The summed E-state index contributed by atoms with van der Waals surface area (Å²) in [7, 11) is 0. The Morgan fingerprint density at radius 3 is 2.24 bits per heavy atom. The number of aryl methyl sites for hydroxylation is 1. The molecule has 0 radical (unpaired) electrons. The van der Waals surface area contributed by atoms with E-state index in [2.05, 4.69) is 13.8 Å². The van der Waals surface area contributed by atoms with Crippen LogP contribution in [0.15, 0.2) is 24.3 Å². The first kappa shape index (κ1) is 13.8. The van der Waals surface area contributed by atoms with Gasteiger partial charge in [-0.3, -0.25) is 4.79 Å². The van der Waals surface area contributed by atoms with Crippen molar-refractivity contribution in [1.29, 1.82) is 0 Å². The minimum atomic E-state index is -0.711. The first-order valence-electron chi connectivity index (χ1n) is 6.30. The van der Waals surface area contributed by atoms with Crippen molar-refractivity contribution in [2.24, 2.45) is 5.92 Å². The van der Waals surface area contributed by atoms with Crippen LogP contribution >= 0.6 is 0 Å². The maximum Gasteiger partial charge on any atom is 0.310 e. The smallest absolute Gasteiger partial charge is 0.310 e. The highest BCUT2D eigenvalue weighted by Gasteiger charge is 2.19. The molecule has 0 aliphatic heterocycles. The predicted molar refractivity (Wildman–Crippen MR) is 70.2 cm³/mol. The number of carbonyl (C=O) groups is 1. The molecule has 1 aromatic carbocycles. The SMILES string of the molecule is Cc1ccc(C(CCCC(C)C)C(=O)O)cc1. The summed E-state index contributed by atoms with van der Waals surface area (Å²) in [5, 5.41) is 9.26. The molecule has 94 valence electrons. The van der Waals surface area contributed by atoms with Gasteiger partial charge in [-0.05, 0) is 24.8 Å². The van der Waals surface area contributed by atoms with Gasteiger partial charge in [0.15, 0.2) is 0 Å². The fourth-order valence-electron chi connectivity index (χ4n) is 1.96. The Balaban J connectivity index is 2.66. The second-order valence-electron chi connectivity index (χ2n) is 5.13. The molecule has 0 saturated heterocycles. The van der Waals surface area contributed by atoms with Crippen LogP contribution in [0, 0.1) is 12.8 Å². The third-order valence-electron chi connectivity index (χ3n) is 3.05. The molecule has 1 N–H and O–H groups in total. The summed E-state index contributed by atoms with van der Waals surface area (Å²) in [5.74, 6) is -0.422. The number of hydrogen-bond acceptors (Lipinski definition) is 1. The van der Waals surface area contributed by atoms with Crippen LogP contribution < -0.4 is 0 Å². The summed E-state index contributed by atoms with van der Waals surface area (Å²) < 4.78 is 0. The number of rotatable bonds is 6. The van der Waals surface area contributed by atoms with E-state index in [0.717, 1.165) is 24.8 Å². The van der Waals surface area contributed by atoms with Crippen molar-refractivity contribution in [3.05, 3.63) is 35.4 Å². The van der Waals surface area contributed by atoms with Crippen LogP contribution in [0.3, 0.4) is 0 Å². The average molecular weight is 234 g/mol. The van der Waals surface area contributed by atoms with E-state index in [1.807, 2.05) is 31.2 Å². The lowest BCUT2D eigenvalue weighted by molar-refractivity contribution is -0.139. The van der Waals surface area contributed by atoms with Gasteiger partial charge in [-0.2, -0.15) is 0 Å². The monoisotopic (exact) mass is 234 g/mol. The maximum atomic E-state index is 11.3. The van der Waals surface area contributed by atoms with E-state index in [0.29, 0.717) is 5.92 Å². The Kier molecular flexibility index (Phi) is 5.20. The van der Waals surface area contributed by atoms with Crippen LogP contribution in [0.1, 0.15) is 50.2 Å². The summed E-state index contributed by atoms with van der Waals surface area (Å²) >= 11 is 0. The van der Waals surface area contributed by atoms with E-state index in [1.165, 1.54) is 5.56 Å². The van der Waals surface area contributed by atoms with Crippen molar-refractivity contribution in [3.63, 3.8) is 0 Å². The molecule has 0 aliphatic carbocycles. The molecule has 0 heterocycles. The molecule has 0 aliphatic rings. The van der Waals surface area contributed by atoms with Gasteiger partial charge in [-0.1, -0.05) is 56.5 Å². The third kappa shape index (κ3) is 4.59. The summed E-state index contributed by atoms with van der Waals surface area (Å²) in [6, 6.07) is 7.83. The van der Waals surface area contributed by atoms with Crippen molar-refractivity contribution in [3.8, 4) is 0 Å². The largest absolute Gasteiger partial charge is 0.481 e. The fourth-order valence-corrected chi connectivity index (χ4v) is 1.96. The molecule has 2 heteroatoms. The molecular formula is C15H22O2. The van der Waals surface area contributed by atoms with Crippen molar-refractivity contribution in [1.82, 2.24) is 0 Å². The van der Waals surface area contributed by atoms with Gasteiger partial charge in [-0.15, -0.1) is 0 Å². The summed E-state index contributed by atoms with van der Waals surface area (Å²) in [6.45, 7) is 6.35. The number of carboxylic acids is 1. The van der Waals surface area contributed by atoms with Crippen molar-refractivity contribution in [2.75, 3.05) is 0 Å². The van der Waals surface area contributed by atoms with Gasteiger partial charge in [0, 0.05) is 0 Å². The molecule has 0 fully saturated rings. The zero-order valence-electron chi connectivity index (χ0n) is 10.9.